The van der Waals surface area contributed by atoms with Crippen LogP contribution in [-0.2, 0) is 23.5 Å². The molecular weight excluding hydrogens is 456 g/mol. The number of aromatic amines is 1. The van der Waals surface area contributed by atoms with Gasteiger partial charge in [-0.3, -0.25) is 9.48 Å². The van der Waals surface area contributed by atoms with Crippen molar-refractivity contribution in [3.63, 3.8) is 0 Å². The van der Waals surface area contributed by atoms with E-state index >= 15 is 0 Å². The minimum absolute atomic E-state index is 0.145. The third-order valence-electron chi connectivity index (χ3n) is 5.97. The molecule has 1 aromatic carbocycles. The highest BCUT2D eigenvalue weighted by molar-refractivity contribution is 7.89. The molecule has 0 bridgehead atoms. The highest BCUT2D eigenvalue weighted by atomic mass is 32.2. The van der Waals surface area contributed by atoms with E-state index in [1.165, 1.54) is 4.31 Å². The molecule has 3 aromatic rings. The number of hydrogen-bond acceptors (Lipinski definition) is 7. The normalized spacial score (nSPS) is 15.9. The van der Waals surface area contributed by atoms with Crippen molar-refractivity contribution < 1.29 is 13.2 Å². The molecule has 4 rings (SSSR count). The fourth-order valence-electron chi connectivity index (χ4n) is 4.21. The summed E-state index contributed by atoms with van der Waals surface area (Å²) in [4.78, 5) is 22.8. The van der Waals surface area contributed by atoms with E-state index in [4.69, 9.17) is 9.72 Å². The highest BCUT2D eigenvalue weighted by Gasteiger charge is 2.29. The van der Waals surface area contributed by atoms with Crippen LogP contribution in [0.25, 0.3) is 22.4 Å². The van der Waals surface area contributed by atoms with Gasteiger partial charge < -0.3 is 14.6 Å². The topological polar surface area (TPSA) is 113 Å². The maximum Gasteiger partial charge on any atom is 0.277 e. The summed E-state index contributed by atoms with van der Waals surface area (Å²) in [6.45, 7) is 8.59. The molecule has 0 radical (unpaired) electrons. The average Bonchev–Trinajstić information content (AvgIpc) is 3.09. The van der Waals surface area contributed by atoms with E-state index in [1.54, 1.807) is 29.9 Å². The molecular formula is C23H32N6O4S. The first kappa shape index (κ1) is 24.4. The van der Waals surface area contributed by atoms with Gasteiger partial charge in [0, 0.05) is 33.2 Å². The summed E-state index contributed by atoms with van der Waals surface area (Å²) >= 11 is 0. The van der Waals surface area contributed by atoms with Gasteiger partial charge in [-0.15, -0.1) is 0 Å². The van der Waals surface area contributed by atoms with Crippen molar-refractivity contribution in [3.05, 3.63) is 34.2 Å². The van der Waals surface area contributed by atoms with Crippen LogP contribution in [0.5, 0.6) is 5.75 Å². The zero-order valence-corrected chi connectivity index (χ0v) is 21.1. The summed E-state index contributed by atoms with van der Waals surface area (Å²) in [6.07, 6.45) is 0.670. The molecule has 1 saturated heterocycles. The number of H-pyrrole nitrogens is 1. The molecule has 0 amide bonds. The van der Waals surface area contributed by atoms with Crippen LogP contribution in [0.15, 0.2) is 27.9 Å². The number of aromatic nitrogens is 4. The van der Waals surface area contributed by atoms with Crippen molar-refractivity contribution in [3.8, 4) is 17.1 Å². The van der Waals surface area contributed by atoms with Gasteiger partial charge in [0.25, 0.3) is 5.56 Å². The van der Waals surface area contributed by atoms with Crippen LogP contribution in [0.1, 0.15) is 26.5 Å². The first-order valence-corrected chi connectivity index (χ1v) is 13.0. The number of piperazine rings is 1. The molecule has 11 heteroatoms. The first-order valence-electron chi connectivity index (χ1n) is 11.5. The van der Waals surface area contributed by atoms with Crippen LogP contribution < -0.4 is 10.3 Å². The lowest BCUT2D eigenvalue weighted by Gasteiger charge is -2.31. The number of nitrogens with zero attached hydrogens (tertiary/aromatic N) is 5. The Hall–Kier alpha value is -2.76. The molecule has 1 fully saturated rings. The van der Waals surface area contributed by atoms with Crippen molar-refractivity contribution in [1.29, 1.82) is 0 Å². The molecule has 3 heterocycles. The highest BCUT2D eigenvalue weighted by Crippen LogP contribution is 2.32. The Bertz CT molecular complexity index is 1350. The molecule has 0 unspecified atom stereocenters. The van der Waals surface area contributed by atoms with Gasteiger partial charge in [0.2, 0.25) is 10.0 Å². The maximum atomic E-state index is 13.4. The van der Waals surface area contributed by atoms with E-state index in [2.05, 4.69) is 28.8 Å². The molecule has 184 valence electrons. The zero-order valence-electron chi connectivity index (χ0n) is 20.3. The molecule has 0 aliphatic carbocycles. The Morgan fingerprint density at radius 3 is 2.50 bits per heavy atom. The van der Waals surface area contributed by atoms with Gasteiger partial charge in [-0.25, -0.2) is 13.4 Å². The number of benzene rings is 1. The monoisotopic (exact) mass is 488 g/mol. The second-order valence-electron chi connectivity index (χ2n) is 9.08. The fraction of sp³-hybridized carbons (Fsp3) is 0.522. The van der Waals surface area contributed by atoms with Gasteiger partial charge >= 0.3 is 0 Å². The lowest BCUT2D eigenvalue weighted by atomic mass is 10.1. The standard InChI is InChI=1S/C23H32N6O4S/c1-6-33-19-8-7-16(34(31,32)29-11-9-27(4)10-12-29)14-17(19)22-24-20-18(13-15(2)3)26-28(5)21(20)23(30)25-22/h7-8,14-15H,6,9-13H2,1-5H3,(H,24,25,30). The Morgan fingerprint density at radius 2 is 1.85 bits per heavy atom. The number of nitrogens with one attached hydrogen (secondary N) is 1. The Kier molecular flexibility index (Phi) is 6.79. The average molecular weight is 489 g/mol. The van der Waals surface area contributed by atoms with Gasteiger partial charge in [0.15, 0.2) is 5.52 Å². The van der Waals surface area contributed by atoms with E-state index < -0.39 is 10.0 Å². The van der Waals surface area contributed by atoms with Crippen molar-refractivity contribution in [1.82, 2.24) is 29.0 Å². The molecule has 0 atom stereocenters. The summed E-state index contributed by atoms with van der Waals surface area (Å²) in [5.74, 6) is 1.05. The number of fused-ring (bicyclic) bond motifs is 1. The molecule has 34 heavy (non-hydrogen) atoms. The van der Waals surface area contributed by atoms with Crippen LogP contribution in [0.2, 0.25) is 0 Å². The first-order chi connectivity index (χ1) is 16.1. The van der Waals surface area contributed by atoms with E-state index in [0.29, 0.717) is 67.5 Å². The Balaban J connectivity index is 1.85. The minimum atomic E-state index is -3.71. The molecule has 1 aliphatic rings. The molecule has 1 aliphatic heterocycles. The number of aryl methyl sites for hydroxylation is 1. The van der Waals surface area contributed by atoms with Crippen LogP contribution in [0.4, 0.5) is 0 Å². The summed E-state index contributed by atoms with van der Waals surface area (Å²) < 4.78 is 35.5. The van der Waals surface area contributed by atoms with E-state index in [9.17, 15) is 13.2 Å². The van der Waals surface area contributed by atoms with Gasteiger partial charge in [0.05, 0.1) is 22.8 Å². The maximum absolute atomic E-state index is 13.4. The smallest absolute Gasteiger partial charge is 0.277 e. The quantitative estimate of drug-likeness (QED) is 0.540. The molecule has 0 saturated carbocycles. The predicted molar refractivity (Wildman–Crippen MR) is 131 cm³/mol. The molecule has 0 spiro atoms. The number of sulfonamides is 1. The van der Waals surface area contributed by atoms with Crippen LogP contribution in [0, 0.1) is 5.92 Å². The molecule has 1 N–H and O–H groups in total. The number of hydrogen-bond donors (Lipinski definition) is 1. The van der Waals surface area contributed by atoms with Crippen LogP contribution in [0.3, 0.4) is 0 Å². The Labute approximate surface area is 199 Å². The second-order valence-corrected chi connectivity index (χ2v) is 11.0. The number of rotatable bonds is 7. The minimum Gasteiger partial charge on any atom is -0.493 e. The lowest BCUT2D eigenvalue weighted by Crippen LogP contribution is -2.47. The summed E-state index contributed by atoms with van der Waals surface area (Å²) in [5, 5.41) is 4.50. The van der Waals surface area contributed by atoms with Gasteiger partial charge in [-0.2, -0.15) is 9.40 Å². The lowest BCUT2D eigenvalue weighted by molar-refractivity contribution is 0.222. The predicted octanol–water partition coefficient (Wildman–Crippen LogP) is 1.86. The van der Waals surface area contributed by atoms with Crippen molar-refractivity contribution in [2.24, 2.45) is 13.0 Å². The van der Waals surface area contributed by atoms with Crippen LogP contribution in [-0.4, -0.2) is 77.2 Å². The van der Waals surface area contributed by atoms with E-state index in [0.717, 1.165) is 5.69 Å². The van der Waals surface area contributed by atoms with Gasteiger partial charge in [-0.05, 0) is 44.5 Å². The van der Waals surface area contributed by atoms with Crippen LogP contribution >= 0.6 is 0 Å². The largest absolute Gasteiger partial charge is 0.493 e. The molecule has 2 aromatic heterocycles. The molecule has 10 nitrogen and oxygen atoms in total. The van der Waals surface area contributed by atoms with Crippen molar-refractivity contribution >= 4 is 21.1 Å². The van der Waals surface area contributed by atoms with Crippen molar-refractivity contribution in [2.45, 2.75) is 32.1 Å². The second kappa shape index (κ2) is 9.47. The number of ether oxygens (including phenoxy) is 1. The fourth-order valence-corrected chi connectivity index (χ4v) is 5.66. The third-order valence-corrected chi connectivity index (χ3v) is 7.86. The number of likely N-dealkylation sites (N-methyl/N-ethyl adjacent to an activating group) is 1. The summed E-state index contributed by atoms with van der Waals surface area (Å²) in [5.41, 5.74) is 1.73. The van der Waals surface area contributed by atoms with Crippen molar-refractivity contribution in [2.75, 3.05) is 39.8 Å². The SMILES string of the molecule is CCOc1ccc(S(=O)(=O)N2CCN(C)CC2)cc1-c1nc2c(CC(C)C)nn(C)c2c(=O)[nH]1. The van der Waals surface area contributed by atoms with E-state index in [1.807, 2.05) is 14.0 Å². The van der Waals surface area contributed by atoms with E-state index in [-0.39, 0.29) is 16.3 Å². The summed E-state index contributed by atoms with van der Waals surface area (Å²) in [6, 6.07) is 4.72. The summed E-state index contributed by atoms with van der Waals surface area (Å²) in [7, 11) is -0.0102. The Morgan fingerprint density at radius 1 is 1.15 bits per heavy atom. The van der Waals surface area contributed by atoms with Gasteiger partial charge in [0.1, 0.15) is 17.1 Å². The third kappa shape index (κ3) is 4.59. The van der Waals surface area contributed by atoms with Gasteiger partial charge in [-0.1, -0.05) is 13.8 Å². The zero-order chi connectivity index (χ0) is 24.6.